The standard InChI is InChI=1S/C23H19ClFN5O2/c1-23(2,3)30-22(32)18-10-13(6-8-27-18)20-21(31)15(7-9-28-20)19(12-26)29-14-4-5-17(25)16(24)11-14/h4-11,31H,1-3H3,(H,30,32). The largest absolute Gasteiger partial charge is 0.505 e. The minimum absolute atomic E-state index is 0.117. The maximum absolute atomic E-state index is 13.4. The van der Waals surface area contributed by atoms with E-state index in [1.165, 1.54) is 36.7 Å². The monoisotopic (exact) mass is 451 g/mol. The van der Waals surface area contributed by atoms with Gasteiger partial charge in [0.1, 0.15) is 23.3 Å². The molecule has 32 heavy (non-hydrogen) atoms. The first-order valence-corrected chi connectivity index (χ1v) is 9.88. The number of halogens is 2. The molecule has 1 amide bonds. The summed E-state index contributed by atoms with van der Waals surface area (Å²) in [7, 11) is 0. The average molecular weight is 452 g/mol. The van der Waals surface area contributed by atoms with Crippen molar-refractivity contribution in [3.05, 3.63) is 70.9 Å². The second kappa shape index (κ2) is 9.12. The number of carbonyl (C=O) groups excluding carboxylic acids is 1. The smallest absolute Gasteiger partial charge is 0.270 e. The van der Waals surface area contributed by atoms with Crippen LogP contribution >= 0.6 is 11.6 Å². The Morgan fingerprint density at radius 2 is 1.91 bits per heavy atom. The predicted molar refractivity (Wildman–Crippen MR) is 120 cm³/mol. The molecule has 0 saturated carbocycles. The summed E-state index contributed by atoms with van der Waals surface area (Å²) in [5.74, 6) is -1.28. The van der Waals surface area contributed by atoms with Crippen LogP contribution in [0.4, 0.5) is 10.1 Å². The molecule has 0 aliphatic carbocycles. The van der Waals surface area contributed by atoms with Crippen molar-refractivity contribution in [3.8, 4) is 23.1 Å². The number of benzene rings is 1. The van der Waals surface area contributed by atoms with Gasteiger partial charge in [0.25, 0.3) is 5.91 Å². The van der Waals surface area contributed by atoms with E-state index in [-0.39, 0.29) is 45.0 Å². The van der Waals surface area contributed by atoms with E-state index in [0.717, 1.165) is 6.07 Å². The first-order chi connectivity index (χ1) is 15.1. The normalized spacial score (nSPS) is 11.7. The molecule has 3 aromatic rings. The summed E-state index contributed by atoms with van der Waals surface area (Å²) in [5, 5.41) is 23.1. The molecule has 0 aliphatic rings. The first kappa shape index (κ1) is 22.8. The minimum Gasteiger partial charge on any atom is -0.505 e. The zero-order chi connectivity index (χ0) is 23.5. The summed E-state index contributed by atoms with van der Waals surface area (Å²) in [5.41, 5.74) is 0.533. The van der Waals surface area contributed by atoms with Crippen molar-refractivity contribution in [2.45, 2.75) is 26.3 Å². The van der Waals surface area contributed by atoms with Crippen molar-refractivity contribution in [3.63, 3.8) is 0 Å². The highest BCUT2D eigenvalue weighted by molar-refractivity contribution is 6.31. The number of hydrogen-bond acceptors (Lipinski definition) is 6. The van der Waals surface area contributed by atoms with Crippen molar-refractivity contribution >= 4 is 28.9 Å². The second-order valence-electron chi connectivity index (χ2n) is 7.86. The lowest BCUT2D eigenvalue weighted by molar-refractivity contribution is 0.0914. The van der Waals surface area contributed by atoms with Crippen LogP contribution in [0.3, 0.4) is 0 Å². The average Bonchev–Trinajstić information content (AvgIpc) is 2.74. The molecule has 162 valence electrons. The maximum Gasteiger partial charge on any atom is 0.270 e. The van der Waals surface area contributed by atoms with E-state index in [1.807, 2.05) is 26.8 Å². The third-order valence-electron chi connectivity index (χ3n) is 4.18. The third kappa shape index (κ3) is 5.25. The summed E-state index contributed by atoms with van der Waals surface area (Å²) < 4.78 is 13.4. The number of aromatic hydroxyl groups is 1. The fraction of sp³-hybridized carbons (Fsp3) is 0.174. The SMILES string of the molecule is CC(C)(C)NC(=O)c1cc(-c2nccc(C(C#N)=Nc3ccc(F)c(Cl)c3)c2O)ccn1. The Morgan fingerprint density at radius 1 is 1.19 bits per heavy atom. The number of nitrogens with one attached hydrogen (secondary N) is 1. The Morgan fingerprint density at radius 3 is 2.56 bits per heavy atom. The molecule has 7 nitrogen and oxygen atoms in total. The van der Waals surface area contributed by atoms with E-state index in [4.69, 9.17) is 11.6 Å². The molecule has 2 N–H and O–H groups in total. The molecule has 9 heteroatoms. The number of pyridine rings is 2. The molecule has 0 radical (unpaired) electrons. The van der Waals surface area contributed by atoms with Gasteiger partial charge >= 0.3 is 0 Å². The Kier molecular flexibility index (Phi) is 6.51. The van der Waals surface area contributed by atoms with Gasteiger partial charge in [-0.2, -0.15) is 5.26 Å². The zero-order valence-electron chi connectivity index (χ0n) is 17.5. The molecule has 0 unspecified atom stereocenters. The predicted octanol–water partition coefficient (Wildman–Crippen LogP) is 4.81. The molecule has 0 saturated heterocycles. The van der Waals surface area contributed by atoms with Crippen LogP contribution in [0.25, 0.3) is 11.3 Å². The number of aliphatic imine (C=N–C) groups is 1. The van der Waals surface area contributed by atoms with Crippen LogP contribution in [0.5, 0.6) is 5.75 Å². The number of carbonyl (C=O) groups is 1. The minimum atomic E-state index is -0.609. The van der Waals surface area contributed by atoms with E-state index in [0.29, 0.717) is 5.56 Å². The van der Waals surface area contributed by atoms with E-state index >= 15 is 0 Å². The Bertz CT molecular complexity index is 1260. The van der Waals surface area contributed by atoms with Gasteiger partial charge in [-0.3, -0.25) is 14.8 Å². The van der Waals surface area contributed by atoms with Crippen LogP contribution < -0.4 is 5.32 Å². The molecule has 0 aliphatic heterocycles. The fourth-order valence-corrected chi connectivity index (χ4v) is 2.97. The van der Waals surface area contributed by atoms with Crippen molar-refractivity contribution in [2.24, 2.45) is 4.99 Å². The van der Waals surface area contributed by atoms with Gasteiger partial charge in [-0.15, -0.1) is 0 Å². The van der Waals surface area contributed by atoms with Gasteiger partial charge in [0.2, 0.25) is 0 Å². The zero-order valence-corrected chi connectivity index (χ0v) is 18.3. The molecular formula is C23H19ClFN5O2. The van der Waals surface area contributed by atoms with Gasteiger partial charge in [-0.1, -0.05) is 11.6 Å². The Labute approximate surface area is 189 Å². The molecule has 0 fully saturated rings. The topological polar surface area (TPSA) is 111 Å². The Balaban J connectivity index is 2.02. The fourth-order valence-electron chi connectivity index (χ4n) is 2.79. The molecule has 2 aromatic heterocycles. The lowest BCUT2D eigenvalue weighted by Crippen LogP contribution is -2.40. The van der Waals surface area contributed by atoms with Crippen LogP contribution in [0.2, 0.25) is 5.02 Å². The van der Waals surface area contributed by atoms with Gasteiger partial charge in [0, 0.05) is 23.5 Å². The van der Waals surface area contributed by atoms with Gasteiger partial charge in [0.05, 0.1) is 16.3 Å². The third-order valence-corrected chi connectivity index (χ3v) is 4.47. The summed E-state index contributed by atoms with van der Waals surface area (Å²) in [4.78, 5) is 24.9. The summed E-state index contributed by atoms with van der Waals surface area (Å²) >= 11 is 5.78. The molecule has 2 heterocycles. The van der Waals surface area contributed by atoms with Crippen molar-refractivity contribution in [2.75, 3.05) is 0 Å². The molecule has 3 rings (SSSR count). The van der Waals surface area contributed by atoms with Crippen LogP contribution in [0.15, 0.2) is 53.8 Å². The van der Waals surface area contributed by atoms with Crippen molar-refractivity contribution in [1.29, 1.82) is 5.26 Å². The number of hydrogen-bond donors (Lipinski definition) is 2. The molecule has 0 atom stereocenters. The highest BCUT2D eigenvalue weighted by atomic mass is 35.5. The highest BCUT2D eigenvalue weighted by Crippen LogP contribution is 2.31. The van der Waals surface area contributed by atoms with Crippen LogP contribution in [0, 0.1) is 17.1 Å². The van der Waals surface area contributed by atoms with E-state index in [1.54, 1.807) is 6.07 Å². The molecule has 1 aromatic carbocycles. The van der Waals surface area contributed by atoms with Crippen molar-refractivity contribution < 1.29 is 14.3 Å². The van der Waals surface area contributed by atoms with E-state index in [9.17, 15) is 19.6 Å². The number of nitrogens with zero attached hydrogens (tertiary/aromatic N) is 4. The molecule has 0 spiro atoms. The molecular weight excluding hydrogens is 433 g/mol. The summed E-state index contributed by atoms with van der Waals surface area (Å²) in [6.45, 7) is 5.55. The summed E-state index contributed by atoms with van der Waals surface area (Å²) in [6, 6.07) is 10.2. The lowest BCUT2D eigenvalue weighted by atomic mass is 10.0. The van der Waals surface area contributed by atoms with Gasteiger partial charge < -0.3 is 10.4 Å². The number of nitriles is 1. The van der Waals surface area contributed by atoms with Gasteiger partial charge in [0.15, 0.2) is 11.5 Å². The van der Waals surface area contributed by atoms with Gasteiger partial charge in [-0.25, -0.2) is 9.38 Å². The number of amides is 1. The molecule has 0 bridgehead atoms. The second-order valence-corrected chi connectivity index (χ2v) is 8.27. The highest BCUT2D eigenvalue weighted by Gasteiger charge is 2.19. The van der Waals surface area contributed by atoms with Crippen LogP contribution in [0.1, 0.15) is 36.8 Å². The first-order valence-electron chi connectivity index (χ1n) is 9.50. The quantitative estimate of drug-likeness (QED) is 0.552. The lowest BCUT2D eigenvalue weighted by Gasteiger charge is -2.20. The number of rotatable bonds is 4. The maximum atomic E-state index is 13.4. The summed E-state index contributed by atoms with van der Waals surface area (Å²) in [6.07, 6.45) is 2.84. The Hall–Kier alpha value is -3.83. The van der Waals surface area contributed by atoms with Gasteiger partial charge in [-0.05, 0) is 57.2 Å². The van der Waals surface area contributed by atoms with E-state index in [2.05, 4.69) is 20.3 Å². The van der Waals surface area contributed by atoms with Crippen LogP contribution in [-0.4, -0.2) is 32.2 Å². The van der Waals surface area contributed by atoms with Crippen molar-refractivity contribution in [1.82, 2.24) is 15.3 Å². The number of aromatic nitrogens is 2. The van der Waals surface area contributed by atoms with Crippen LogP contribution in [-0.2, 0) is 0 Å². The van der Waals surface area contributed by atoms with E-state index < -0.39 is 11.4 Å².